The van der Waals surface area contributed by atoms with Crippen LogP contribution in [0.3, 0.4) is 0 Å². The number of rotatable bonds is 6. The Labute approximate surface area is 151 Å². The molecule has 0 radical (unpaired) electrons. The van der Waals surface area contributed by atoms with Gasteiger partial charge in [-0.25, -0.2) is 5.48 Å². The van der Waals surface area contributed by atoms with Crippen LogP contribution in [-0.2, 0) is 28.8 Å². The van der Waals surface area contributed by atoms with Crippen LogP contribution >= 0.6 is 0 Å². The first-order chi connectivity index (χ1) is 12.9. The second-order valence-corrected chi connectivity index (χ2v) is 5.59. The lowest BCUT2D eigenvalue weighted by Crippen LogP contribution is -2.25. The summed E-state index contributed by atoms with van der Waals surface area (Å²) >= 11 is 0. The minimum absolute atomic E-state index is 0.0507. The fraction of sp³-hybridized carbons (Fsp3) is 0.167. The third kappa shape index (κ3) is 5.14. The van der Waals surface area contributed by atoms with Gasteiger partial charge < -0.3 is 4.52 Å². The molecule has 0 aliphatic carbocycles. The quantitative estimate of drug-likeness (QED) is 0.665. The van der Waals surface area contributed by atoms with Crippen LogP contribution in [0.5, 0.6) is 0 Å². The molecule has 0 unspecified atom stereocenters. The topological polar surface area (TPSA) is 77.2 Å². The van der Waals surface area contributed by atoms with Gasteiger partial charge in [0, 0.05) is 5.56 Å². The molecule has 3 aromatic rings. The number of carbonyl (C=O) groups excluding carboxylic acids is 1. The van der Waals surface area contributed by atoms with E-state index in [0.29, 0.717) is 11.1 Å². The molecule has 0 spiro atoms. The number of hydrogen-bond donors (Lipinski definition) is 1. The van der Waals surface area contributed by atoms with Crippen molar-refractivity contribution in [1.29, 1.82) is 0 Å². The molecule has 0 aliphatic rings. The highest BCUT2D eigenvalue weighted by Gasteiger charge is 2.38. The smallest absolute Gasteiger partial charge is 0.329 e. The molecule has 0 saturated heterocycles. The van der Waals surface area contributed by atoms with Crippen LogP contribution < -0.4 is 5.48 Å². The largest absolute Gasteiger partial charge is 0.471 e. The van der Waals surface area contributed by atoms with Crippen molar-refractivity contribution in [1.82, 2.24) is 15.6 Å². The minimum Gasteiger partial charge on any atom is -0.329 e. The number of hydroxylamine groups is 1. The maximum Gasteiger partial charge on any atom is 0.471 e. The van der Waals surface area contributed by atoms with Gasteiger partial charge >= 0.3 is 12.1 Å². The summed E-state index contributed by atoms with van der Waals surface area (Å²) in [5.74, 6) is -1.93. The number of hydrogen-bond acceptors (Lipinski definition) is 5. The summed E-state index contributed by atoms with van der Waals surface area (Å²) < 4.78 is 41.6. The third-order valence-electron chi connectivity index (χ3n) is 3.51. The lowest BCUT2D eigenvalue weighted by Gasteiger charge is -2.06. The van der Waals surface area contributed by atoms with E-state index < -0.39 is 12.1 Å². The Balaban J connectivity index is 1.53. The predicted octanol–water partition coefficient (Wildman–Crippen LogP) is 3.55. The molecule has 0 aliphatic heterocycles. The first-order valence-corrected chi connectivity index (χ1v) is 7.86. The van der Waals surface area contributed by atoms with Crippen molar-refractivity contribution in [2.24, 2.45) is 0 Å². The van der Waals surface area contributed by atoms with Gasteiger partial charge in [-0.15, -0.1) is 0 Å². The van der Waals surface area contributed by atoms with E-state index in [9.17, 15) is 18.0 Å². The molecule has 1 amide bonds. The second-order valence-electron chi connectivity index (χ2n) is 5.59. The average molecular weight is 377 g/mol. The van der Waals surface area contributed by atoms with Crippen LogP contribution in [0.25, 0.3) is 11.4 Å². The fourth-order valence-corrected chi connectivity index (χ4v) is 2.22. The summed E-state index contributed by atoms with van der Waals surface area (Å²) in [7, 11) is 0. The van der Waals surface area contributed by atoms with E-state index in [0.717, 1.165) is 5.56 Å². The molecule has 1 aromatic heterocycles. The van der Waals surface area contributed by atoms with Crippen LogP contribution in [0, 0.1) is 0 Å². The van der Waals surface area contributed by atoms with Gasteiger partial charge in [0.15, 0.2) is 0 Å². The van der Waals surface area contributed by atoms with Crippen molar-refractivity contribution in [2.75, 3.05) is 0 Å². The number of nitrogens with zero attached hydrogens (tertiary/aromatic N) is 2. The van der Waals surface area contributed by atoms with Gasteiger partial charge in [0.05, 0.1) is 13.0 Å². The summed E-state index contributed by atoms with van der Waals surface area (Å²) in [5.41, 5.74) is 4.26. The van der Waals surface area contributed by atoms with Gasteiger partial charge in [-0.2, -0.15) is 18.2 Å². The molecule has 2 aromatic carbocycles. The maximum atomic E-state index is 12.5. The van der Waals surface area contributed by atoms with Gasteiger partial charge in [0.25, 0.3) is 0 Å². The van der Waals surface area contributed by atoms with Crippen LogP contribution in [0.4, 0.5) is 13.2 Å². The Hall–Kier alpha value is -3.20. The molecule has 1 heterocycles. The molecule has 0 saturated carbocycles. The average Bonchev–Trinajstić information content (AvgIpc) is 3.14. The summed E-state index contributed by atoms with van der Waals surface area (Å²) in [6, 6.07) is 15.6. The standard InChI is InChI=1S/C18H14F3N3O3/c19-18(20,21)17-22-16(24-27-17)14-8-6-12(7-9-14)10-15(25)23-26-11-13-4-2-1-3-5-13/h1-9H,10-11H2,(H,23,25). The van der Waals surface area contributed by atoms with Crippen molar-refractivity contribution in [3.05, 3.63) is 71.6 Å². The molecule has 0 fully saturated rings. The predicted molar refractivity (Wildman–Crippen MR) is 87.8 cm³/mol. The molecule has 0 bridgehead atoms. The van der Waals surface area contributed by atoms with E-state index in [1.54, 1.807) is 12.1 Å². The Morgan fingerprint density at radius 3 is 2.37 bits per heavy atom. The van der Waals surface area contributed by atoms with E-state index in [4.69, 9.17) is 4.84 Å². The maximum absolute atomic E-state index is 12.5. The van der Waals surface area contributed by atoms with Gasteiger partial charge in [0.1, 0.15) is 0 Å². The molecule has 140 valence electrons. The Bertz CT molecular complexity index is 893. The van der Waals surface area contributed by atoms with E-state index in [-0.39, 0.29) is 24.8 Å². The minimum atomic E-state index is -4.69. The Morgan fingerprint density at radius 2 is 1.74 bits per heavy atom. The van der Waals surface area contributed by atoms with Crippen LogP contribution in [0.1, 0.15) is 17.0 Å². The normalized spacial score (nSPS) is 11.4. The molecule has 1 N–H and O–H groups in total. The first-order valence-electron chi connectivity index (χ1n) is 7.86. The van der Waals surface area contributed by atoms with E-state index in [1.807, 2.05) is 30.3 Å². The molecule has 9 heteroatoms. The molecule has 27 heavy (non-hydrogen) atoms. The van der Waals surface area contributed by atoms with Gasteiger partial charge in [-0.1, -0.05) is 59.8 Å². The lowest BCUT2D eigenvalue weighted by atomic mass is 10.1. The number of halogens is 3. The Kier molecular flexibility index (Phi) is 5.51. The zero-order valence-corrected chi connectivity index (χ0v) is 13.9. The zero-order valence-electron chi connectivity index (χ0n) is 13.9. The highest BCUT2D eigenvalue weighted by molar-refractivity contribution is 5.77. The highest BCUT2D eigenvalue weighted by atomic mass is 19.4. The second kappa shape index (κ2) is 8.00. The van der Waals surface area contributed by atoms with Crippen LogP contribution in [0.2, 0.25) is 0 Å². The molecular weight excluding hydrogens is 363 g/mol. The van der Waals surface area contributed by atoms with Crippen LogP contribution in [0.15, 0.2) is 59.1 Å². The summed E-state index contributed by atoms with van der Waals surface area (Å²) in [5, 5.41) is 3.31. The number of aromatic nitrogens is 2. The number of amides is 1. The molecule has 0 atom stereocenters. The van der Waals surface area contributed by atoms with Crippen molar-refractivity contribution >= 4 is 5.91 Å². The Morgan fingerprint density at radius 1 is 1.04 bits per heavy atom. The number of benzene rings is 2. The molecular formula is C18H14F3N3O3. The number of carbonyl (C=O) groups is 1. The first kappa shape index (κ1) is 18.6. The fourth-order valence-electron chi connectivity index (χ4n) is 2.22. The summed E-state index contributed by atoms with van der Waals surface area (Å²) in [4.78, 5) is 20.3. The summed E-state index contributed by atoms with van der Waals surface area (Å²) in [6.45, 7) is 0.241. The summed E-state index contributed by atoms with van der Waals surface area (Å²) in [6.07, 6.45) is -4.64. The van der Waals surface area contributed by atoms with E-state index >= 15 is 0 Å². The van der Waals surface area contributed by atoms with Crippen molar-refractivity contribution in [3.63, 3.8) is 0 Å². The van der Waals surface area contributed by atoms with Crippen LogP contribution in [-0.4, -0.2) is 16.0 Å². The number of nitrogens with one attached hydrogen (secondary N) is 1. The monoisotopic (exact) mass is 377 g/mol. The van der Waals surface area contributed by atoms with Gasteiger partial charge in [-0.05, 0) is 11.1 Å². The van der Waals surface area contributed by atoms with Crippen molar-refractivity contribution < 1.29 is 27.3 Å². The van der Waals surface area contributed by atoms with Crippen molar-refractivity contribution in [2.45, 2.75) is 19.2 Å². The zero-order chi connectivity index (χ0) is 19.3. The SMILES string of the molecule is O=C(Cc1ccc(-c2noc(C(F)(F)F)n2)cc1)NOCc1ccccc1. The van der Waals surface area contributed by atoms with Gasteiger partial charge in [0.2, 0.25) is 11.7 Å². The highest BCUT2D eigenvalue weighted by Crippen LogP contribution is 2.29. The molecule has 3 rings (SSSR count). The third-order valence-corrected chi connectivity index (χ3v) is 3.51. The number of alkyl halides is 3. The van der Waals surface area contributed by atoms with Gasteiger partial charge in [-0.3, -0.25) is 9.63 Å². The molecule has 6 nitrogen and oxygen atoms in total. The van der Waals surface area contributed by atoms with E-state index in [1.165, 1.54) is 12.1 Å². The van der Waals surface area contributed by atoms with E-state index in [2.05, 4.69) is 20.1 Å². The van der Waals surface area contributed by atoms with Crippen molar-refractivity contribution in [3.8, 4) is 11.4 Å². The lowest BCUT2D eigenvalue weighted by molar-refractivity contribution is -0.159.